The minimum Gasteiger partial charge on any atom is -0.507 e. The lowest BCUT2D eigenvalue weighted by Gasteiger charge is -2.25. The molecule has 1 heterocycles. The molecule has 0 saturated carbocycles. The van der Waals surface area contributed by atoms with Gasteiger partial charge in [-0.1, -0.05) is 75.6 Å². The number of carbonyl (C=O) groups is 2. The minimum atomic E-state index is -0.720. The molecule has 0 radical (unpaired) electrons. The van der Waals surface area contributed by atoms with Crippen LogP contribution in [-0.4, -0.2) is 16.8 Å². The summed E-state index contributed by atoms with van der Waals surface area (Å²) < 4.78 is 0.886. The Morgan fingerprint density at radius 1 is 0.833 bits per heavy atom. The average Bonchev–Trinajstić information content (AvgIpc) is 3.00. The van der Waals surface area contributed by atoms with E-state index >= 15 is 0 Å². The number of aryl methyl sites for hydroxylation is 2. The third-order valence-corrected chi connectivity index (χ3v) is 5.80. The molecule has 1 N–H and O–H groups in total. The SMILES string of the molecule is Cc1ccc(/C(O)=C2\C(=O)C(=O)N(c3ccc(C)cc3)[C@H]2c2ccc(Br)cc2)cc1. The van der Waals surface area contributed by atoms with Crippen molar-refractivity contribution in [3.63, 3.8) is 0 Å². The van der Waals surface area contributed by atoms with E-state index in [2.05, 4.69) is 15.9 Å². The van der Waals surface area contributed by atoms with Gasteiger partial charge in [0.15, 0.2) is 0 Å². The van der Waals surface area contributed by atoms with Crippen LogP contribution in [0.3, 0.4) is 0 Å². The number of hydrogen-bond acceptors (Lipinski definition) is 3. The van der Waals surface area contributed by atoms with Gasteiger partial charge in [0.2, 0.25) is 0 Å². The van der Waals surface area contributed by atoms with Crippen molar-refractivity contribution >= 4 is 39.1 Å². The summed E-state index contributed by atoms with van der Waals surface area (Å²) in [4.78, 5) is 27.6. The smallest absolute Gasteiger partial charge is 0.300 e. The van der Waals surface area contributed by atoms with Gasteiger partial charge in [-0.3, -0.25) is 14.5 Å². The first-order valence-electron chi connectivity index (χ1n) is 9.57. The number of aliphatic hydroxyl groups excluding tert-OH is 1. The Labute approximate surface area is 183 Å². The molecule has 150 valence electrons. The van der Waals surface area contributed by atoms with Gasteiger partial charge in [-0.2, -0.15) is 0 Å². The molecule has 3 aromatic rings. The molecule has 0 bridgehead atoms. The Hall–Kier alpha value is -3.18. The standard InChI is InChI=1S/C25H20BrNO3/c1-15-3-7-18(8-4-15)23(28)21-22(17-9-11-19(26)12-10-17)27(25(30)24(21)29)20-13-5-16(2)6-14-20/h3-14,22,28H,1-2H3/b23-21+/t22-/m0/s1. The summed E-state index contributed by atoms with van der Waals surface area (Å²) in [6, 6.07) is 21.4. The van der Waals surface area contributed by atoms with Gasteiger partial charge in [0.1, 0.15) is 5.76 Å². The Morgan fingerprint density at radius 2 is 1.37 bits per heavy atom. The third kappa shape index (κ3) is 3.57. The normalized spacial score (nSPS) is 18.1. The van der Waals surface area contributed by atoms with Crippen molar-refractivity contribution in [3.8, 4) is 0 Å². The summed E-state index contributed by atoms with van der Waals surface area (Å²) >= 11 is 3.42. The monoisotopic (exact) mass is 461 g/mol. The van der Waals surface area contributed by atoms with Gasteiger partial charge >= 0.3 is 0 Å². The second kappa shape index (κ2) is 7.92. The number of anilines is 1. The molecule has 4 rings (SSSR count). The zero-order chi connectivity index (χ0) is 21.4. The van der Waals surface area contributed by atoms with Gasteiger partial charge in [-0.05, 0) is 43.7 Å². The summed E-state index contributed by atoms with van der Waals surface area (Å²) in [6.45, 7) is 3.91. The van der Waals surface area contributed by atoms with E-state index in [0.29, 0.717) is 11.3 Å². The highest BCUT2D eigenvalue weighted by atomic mass is 79.9. The molecule has 1 aliphatic rings. The molecule has 0 aromatic heterocycles. The van der Waals surface area contributed by atoms with Gasteiger partial charge in [0, 0.05) is 15.7 Å². The molecule has 3 aromatic carbocycles. The second-order valence-corrected chi connectivity index (χ2v) is 8.34. The van der Waals surface area contributed by atoms with Crippen molar-refractivity contribution < 1.29 is 14.7 Å². The molecule has 0 unspecified atom stereocenters. The van der Waals surface area contributed by atoms with E-state index in [1.807, 2.05) is 74.5 Å². The Morgan fingerprint density at radius 3 is 1.93 bits per heavy atom. The highest BCUT2D eigenvalue weighted by Gasteiger charge is 2.46. The van der Waals surface area contributed by atoms with Crippen molar-refractivity contribution in [1.29, 1.82) is 0 Å². The number of rotatable bonds is 3. The molecule has 0 spiro atoms. The van der Waals surface area contributed by atoms with Crippen molar-refractivity contribution in [2.45, 2.75) is 19.9 Å². The number of amides is 1. The van der Waals surface area contributed by atoms with Crippen LogP contribution in [0.15, 0.2) is 82.8 Å². The number of halogens is 1. The van der Waals surface area contributed by atoms with Crippen LogP contribution in [-0.2, 0) is 9.59 Å². The number of carbonyl (C=O) groups excluding carboxylic acids is 2. The van der Waals surface area contributed by atoms with E-state index < -0.39 is 17.7 Å². The molecular weight excluding hydrogens is 442 g/mol. The van der Waals surface area contributed by atoms with Gasteiger partial charge in [-0.25, -0.2) is 0 Å². The Bertz CT molecular complexity index is 1150. The third-order valence-electron chi connectivity index (χ3n) is 5.27. The highest BCUT2D eigenvalue weighted by Crippen LogP contribution is 2.42. The van der Waals surface area contributed by atoms with E-state index in [0.717, 1.165) is 21.2 Å². The van der Waals surface area contributed by atoms with Crippen LogP contribution in [0, 0.1) is 13.8 Å². The van der Waals surface area contributed by atoms with Crippen LogP contribution in [0.4, 0.5) is 5.69 Å². The lowest BCUT2D eigenvalue weighted by molar-refractivity contribution is -0.132. The molecule has 1 amide bonds. The maximum Gasteiger partial charge on any atom is 0.300 e. The fourth-order valence-electron chi connectivity index (χ4n) is 3.63. The predicted molar refractivity (Wildman–Crippen MR) is 121 cm³/mol. The van der Waals surface area contributed by atoms with Gasteiger partial charge in [0.25, 0.3) is 11.7 Å². The predicted octanol–water partition coefficient (Wildman–Crippen LogP) is 5.69. The van der Waals surface area contributed by atoms with E-state index in [9.17, 15) is 14.7 Å². The fourth-order valence-corrected chi connectivity index (χ4v) is 3.90. The van der Waals surface area contributed by atoms with Crippen molar-refractivity contribution in [3.05, 3.63) is 105 Å². The van der Waals surface area contributed by atoms with Gasteiger partial charge < -0.3 is 5.11 Å². The maximum atomic E-state index is 13.1. The molecule has 30 heavy (non-hydrogen) atoms. The van der Waals surface area contributed by atoms with E-state index in [1.165, 1.54) is 4.90 Å². The van der Waals surface area contributed by atoms with Gasteiger partial charge in [0.05, 0.1) is 11.6 Å². The summed E-state index contributed by atoms with van der Waals surface area (Å²) in [5.74, 6) is -1.52. The molecular formula is C25H20BrNO3. The first-order chi connectivity index (χ1) is 14.4. The molecule has 1 saturated heterocycles. The second-order valence-electron chi connectivity index (χ2n) is 7.42. The van der Waals surface area contributed by atoms with Gasteiger partial charge in [-0.15, -0.1) is 0 Å². The number of Topliss-reactive ketones (excluding diaryl/α,β-unsaturated/α-hetero) is 1. The van der Waals surface area contributed by atoms with Crippen molar-refractivity contribution in [1.82, 2.24) is 0 Å². The summed E-state index contributed by atoms with van der Waals surface area (Å²) in [5.41, 5.74) is 4.04. The zero-order valence-corrected chi connectivity index (χ0v) is 18.2. The van der Waals surface area contributed by atoms with Crippen LogP contribution in [0.25, 0.3) is 5.76 Å². The molecule has 1 aliphatic heterocycles. The van der Waals surface area contributed by atoms with Crippen molar-refractivity contribution in [2.75, 3.05) is 4.90 Å². The first kappa shape index (κ1) is 20.1. The number of aliphatic hydroxyl groups is 1. The first-order valence-corrected chi connectivity index (χ1v) is 10.4. The number of ketones is 1. The van der Waals surface area contributed by atoms with Crippen molar-refractivity contribution in [2.24, 2.45) is 0 Å². The fraction of sp³-hybridized carbons (Fsp3) is 0.120. The van der Waals surface area contributed by atoms with Crippen LogP contribution < -0.4 is 4.90 Å². The van der Waals surface area contributed by atoms with E-state index in [-0.39, 0.29) is 11.3 Å². The Kier molecular flexibility index (Phi) is 5.31. The average molecular weight is 462 g/mol. The molecule has 5 heteroatoms. The van der Waals surface area contributed by atoms with Crippen LogP contribution in [0.1, 0.15) is 28.3 Å². The number of nitrogens with zero attached hydrogens (tertiary/aromatic N) is 1. The maximum absolute atomic E-state index is 13.1. The molecule has 1 atom stereocenters. The number of hydrogen-bond donors (Lipinski definition) is 1. The summed E-state index contributed by atoms with van der Waals surface area (Å²) in [7, 11) is 0. The van der Waals surface area contributed by atoms with Crippen LogP contribution >= 0.6 is 15.9 Å². The van der Waals surface area contributed by atoms with E-state index in [4.69, 9.17) is 0 Å². The number of benzene rings is 3. The summed E-state index contributed by atoms with van der Waals surface area (Å²) in [5, 5.41) is 11.1. The quantitative estimate of drug-likeness (QED) is 0.309. The minimum absolute atomic E-state index is 0.0896. The zero-order valence-electron chi connectivity index (χ0n) is 16.6. The summed E-state index contributed by atoms with van der Waals surface area (Å²) in [6.07, 6.45) is 0. The van der Waals surface area contributed by atoms with Crippen LogP contribution in [0.5, 0.6) is 0 Å². The van der Waals surface area contributed by atoms with E-state index in [1.54, 1.807) is 12.1 Å². The lowest BCUT2D eigenvalue weighted by Crippen LogP contribution is -2.29. The molecule has 1 fully saturated rings. The lowest BCUT2D eigenvalue weighted by atomic mass is 9.95. The molecule has 4 nitrogen and oxygen atoms in total. The Balaban J connectivity index is 1.93. The largest absolute Gasteiger partial charge is 0.507 e. The topological polar surface area (TPSA) is 57.6 Å². The highest BCUT2D eigenvalue weighted by molar-refractivity contribution is 9.10. The molecule has 0 aliphatic carbocycles. The van der Waals surface area contributed by atoms with Crippen LogP contribution in [0.2, 0.25) is 0 Å².